The van der Waals surface area contributed by atoms with Gasteiger partial charge < -0.3 is 9.47 Å². The molecule has 0 radical (unpaired) electrons. The van der Waals surface area contributed by atoms with E-state index in [0.717, 1.165) is 5.56 Å². The van der Waals surface area contributed by atoms with Crippen LogP contribution in [0.25, 0.3) is 0 Å². The zero-order chi connectivity index (χ0) is 15.4. The van der Waals surface area contributed by atoms with E-state index in [1.165, 1.54) is 25.3 Å². The van der Waals surface area contributed by atoms with Crippen molar-refractivity contribution < 1.29 is 14.4 Å². The highest BCUT2D eigenvalue weighted by Crippen LogP contribution is 2.35. The second kappa shape index (κ2) is 5.92. The van der Waals surface area contributed by atoms with Gasteiger partial charge in [-0.05, 0) is 30.7 Å². The number of ether oxygens (including phenoxy) is 2. The molecule has 6 nitrogen and oxygen atoms in total. The monoisotopic (exact) mass is 284 g/mol. The van der Waals surface area contributed by atoms with Crippen LogP contribution in [0.4, 0.5) is 5.69 Å². The molecule has 0 saturated heterocycles. The minimum Gasteiger partial charge on any atom is -0.497 e. The Morgan fingerprint density at radius 2 is 1.95 bits per heavy atom. The number of hydrogen-bond acceptors (Lipinski definition) is 5. The van der Waals surface area contributed by atoms with Gasteiger partial charge in [0, 0.05) is 12.1 Å². The summed E-state index contributed by atoms with van der Waals surface area (Å²) in [7, 11) is 1.49. The summed E-state index contributed by atoms with van der Waals surface area (Å²) in [6.07, 6.45) is 0. The molecule has 2 aromatic carbocycles. The van der Waals surface area contributed by atoms with Gasteiger partial charge in [0.1, 0.15) is 17.6 Å². The normalized spacial score (nSPS) is 9.76. The highest BCUT2D eigenvalue weighted by molar-refractivity contribution is 5.54. The third kappa shape index (κ3) is 3.09. The first-order valence-corrected chi connectivity index (χ1v) is 6.06. The van der Waals surface area contributed by atoms with Crippen molar-refractivity contribution in [1.29, 1.82) is 5.26 Å². The summed E-state index contributed by atoms with van der Waals surface area (Å²) >= 11 is 0. The van der Waals surface area contributed by atoms with Crippen LogP contribution in [0.2, 0.25) is 0 Å². The minimum absolute atomic E-state index is 0.0877. The van der Waals surface area contributed by atoms with Crippen molar-refractivity contribution >= 4 is 5.69 Å². The van der Waals surface area contributed by atoms with E-state index in [0.29, 0.717) is 5.75 Å². The molecule has 0 saturated carbocycles. The molecule has 0 aliphatic carbocycles. The Balaban J connectivity index is 2.49. The number of hydrogen-bond donors (Lipinski definition) is 0. The van der Waals surface area contributed by atoms with Gasteiger partial charge in [-0.2, -0.15) is 5.26 Å². The first-order valence-electron chi connectivity index (χ1n) is 6.06. The van der Waals surface area contributed by atoms with Gasteiger partial charge in [0.05, 0.1) is 17.6 Å². The molecule has 0 heterocycles. The number of nitriles is 1. The Hall–Kier alpha value is -3.07. The molecule has 21 heavy (non-hydrogen) atoms. The van der Waals surface area contributed by atoms with Crippen LogP contribution in [0.3, 0.4) is 0 Å². The molecule has 6 heteroatoms. The van der Waals surface area contributed by atoms with Gasteiger partial charge in [0.2, 0.25) is 5.75 Å². The largest absolute Gasteiger partial charge is 0.497 e. The molecule has 0 bridgehead atoms. The zero-order valence-corrected chi connectivity index (χ0v) is 11.5. The zero-order valence-electron chi connectivity index (χ0n) is 11.5. The van der Waals surface area contributed by atoms with E-state index in [4.69, 9.17) is 14.7 Å². The molecule has 0 fully saturated rings. The first kappa shape index (κ1) is 14.3. The summed E-state index contributed by atoms with van der Waals surface area (Å²) in [5, 5.41) is 20.1. The fraction of sp³-hybridized carbons (Fsp3) is 0.133. The molecule has 0 aromatic heterocycles. The van der Waals surface area contributed by atoms with Gasteiger partial charge in [-0.15, -0.1) is 0 Å². The van der Waals surface area contributed by atoms with Gasteiger partial charge in [-0.1, -0.05) is 6.07 Å². The molecule has 0 amide bonds. The van der Waals surface area contributed by atoms with E-state index in [2.05, 4.69) is 0 Å². The maximum atomic E-state index is 11.0. The van der Waals surface area contributed by atoms with E-state index in [1.54, 1.807) is 25.1 Å². The average Bonchev–Trinajstić information content (AvgIpc) is 2.47. The Morgan fingerprint density at radius 1 is 1.19 bits per heavy atom. The van der Waals surface area contributed by atoms with Crippen molar-refractivity contribution in [2.75, 3.05) is 7.11 Å². The molecule has 0 aliphatic heterocycles. The molecule has 0 unspecified atom stereocenters. The highest BCUT2D eigenvalue weighted by atomic mass is 16.6. The molecule has 106 valence electrons. The fourth-order valence-corrected chi connectivity index (χ4v) is 1.78. The summed E-state index contributed by atoms with van der Waals surface area (Å²) < 4.78 is 10.6. The van der Waals surface area contributed by atoms with Gasteiger partial charge in [-0.3, -0.25) is 10.1 Å². The number of benzene rings is 2. The molecular formula is C15H12N2O4. The van der Waals surface area contributed by atoms with Crippen LogP contribution in [0.5, 0.6) is 17.2 Å². The summed E-state index contributed by atoms with van der Waals surface area (Å²) in [5.74, 6) is 0.801. The Labute approximate surface area is 121 Å². The predicted molar refractivity (Wildman–Crippen MR) is 75.6 cm³/mol. The summed E-state index contributed by atoms with van der Waals surface area (Å²) in [5.41, 5.74) is 0.927. The van der Waals surface area contributed by atoms with Crippen molar-refractivity contribution in [3.8, 4) is 23.3 Å². The number of rotatable bonds is 4. The van der Waals surface area contributed by atoms with Crippen molar-refractivity contribution in [2.24, 2.45) is 0 Å². The fourth-order valence-electron chi connectivity index (χ4n) is 1.78. The number of nitro groups is 1. The molecule has 0 N–H and O–H groups in total. The second-order valence-electron chi connectivity index (χ2n) is 4.30. The van der Waals surface area contributed by atoms with Gasteiger partial charge in [0.15, 0.2) is 0 Å². The molecular weight excluding hydrogens is 272 g/mol. The van der Waals surface area contributed by atoms with E-state index in [-0.39, 0.29) is 22.7 Å². The van der Waals surface area contributed by atoms with Crippen LogP contribution in [0.15, 0.2) is 36.4 Å². The molecule has 2 rings (SSSR count). The van der Waals surface area contributed by atoms with Crippen molar-refractivity contribution in [2.45, 2.75) is 6.92 Å². The van der Waals surface area contributed by atoms with Crippen LogP contribution >= 0.6 is 0 Å². The van der Waals surface area contributed by atoms with Crippen molar-refractivity contribution in [1.82, 2.24) is 0 Å². The summed E-state index contributed by atoms with van der Waals surface area (Å²) in [6, 6.07) is 11.2. The van der Waals surface area contributed by atoms with E-state index < -0.39 is 4.92 Å². The van der Waals surface area contributed by atoms with Crippen LogP contribution < -0.4 is 9.47 Å². The lowest BCUT2D eigenvalue weighted by Gasteiger charge is -2.10. The van der Waals surface area contributed by atoms with Crippen LogP contribution in [-0.2, 0) is 0 Å². The van der Waals surface area contributed by atoms with E-state index >= 15 is 0 Å². The van der Waals surface area contributed by atoms with Crippen molar-refractivity contribution in [3.05, 3.63) is 57.6 Å². The number of aryl methyl sites for hydroxylation is 1. The summed E-state index contributed by atoms with van der Waals surface area (Å²) in [4.78, 5) is 10.5. The average molecular weight is 284 g/mol. The third-order valence-corrected chi connectivity index (χ3v) is 2.84. The van der Waals surface area contributed by atoms with Gasteiger partial charge >= 0.3 is 5.69 Å². The van der Waals surface area contributed by atoms with Crippen LogP contribution in [0.1, 0.15) is 11.1 Å². The van der Waals surface area contributed by atoms with Crippen LogP contribution in [-0.4, -0.2) is 12.0 Å². The SMILES string of the molecule is COc1ccc(C#N)c(Oc2cc(C)ccc2[N+](=O)[O-])c1. The quantitative estimate of drug-likeness (QED) is 0.632. The topological polar surface area (TPSA) is 85.4 Å². The molecule has 0 spiro atoms. The predicted octanol–water partition coefficient (Wildman–Crippen LogP) is 3.58. The lowest BCUT2D eigenvalue weighted by molar-refractivity contribution is -0.385. The van der Waals surface area contributed by atoms with Gasteiger partial charge in [0.25, 0.3) is 0 Å². The highest BCUT2D eigenvalue weighted by Gasteiger charge is 2.17. The lowest BCUT2D eigenvalue weighted by atomic mass is 10.2. The summed E-state index contributed by atoms with van der Waals surface area (Å²) in [6.45, 7) is 1.80. The van der Waals surface area contributed by atoms with E-state index in [1.807, 2.05) is 6.07 Å². The van der Waals surface area contributed by atoms with Crippen LogP contribution in [0, 0.1) is 28.4 Å². The minimum atomic E-state index is -0.527. The third-order valence-electron chi connectivity index (χ3n) is 2.84. The van der Waals surface area contributed by atoms with Crippen molar-refractivity contribution in [3.63, 3.8) is 0 Å². The lowest BCUT2D eigenvalue weighted by Crippen LogP contribution is -1.96. The Bertz CT molecular complexity index is 735. The Morgan fingerprint density at radius 3 is 2.57 bits per heavy atom. The first-order chi connectivity index (χ1) is 10.0. The molecule has 2 aromatic rings. The van der Waals surface area contributed by atoms with Gasteiger partial charge in [-0.25, -0.2) is 0 Å². The molecule has 0 aliphatic rings. The number of methoxy groups -OCH3 is 1. The number of nitrogens with zero attached hydrogens (tertiary/aromatic N) is 2. The maximum absolute atomic E-state index is 11.0. The smallest absolute Gasteiger partial charge is 0.311 e. The standard InChI is InChI=1S/C15H12N2O4/c1-10-3-6-13(17(18)19)15(7-10)21-14-8-12(20-2)5-4-11(14)9-16/h3-8H,1-2H3. The van der Waals surface area contributed by atoms with E-state index in [9.17, 15) is 10.1 Å². The number of nitro benzene ring substituents is 1. The Kier molecular flexibility index (Phi) is 4.05. The second-order valence-corrected chi connectivity index (χ2v) is 4.30. The maximum Gasteiger partial charge on any atom is 0.311 e. The molecule has 0 atom stereocenters.